The highest BCUT2D eigenvalue weighted by Gasteiger charge is 2.41. The summed E-state index contributed by atoms with van der Waals surface area (Å²) in [5, 5.41) is 54.8. The maximum absolute atomic E-state index is 12.3. The molecule has 0 aliphatic carbocycles. The number of carbonyl (C=O) groups is 1. The van der Waals surface area contributed by atoms with Gasteiger partial charge >= 0.3 is 0 Å². The minimum atomic E-state index is -3.11. The van der Waals surface area contributed by atoms with Crippen LogP contribution < -0.4 is 16.4 Å². The van der Waals surface area contributed by atoms with Gasteiger partial charge in [-0.05, 0) is 23.3 Å². The third-order valence-corrected chi connectivity index (χ3v) is 5.65. The fourth-order valence-electron chi connectivity index (χ4n) is 3.20. The SMILES string of the molecule is COC(CNC(O)(O)Cc1ccc(NC(=O)C(O)(O)c2nc(N)sc2O)cc1)c1ccccc1. The van der Waals surface area contributed by atoms with E-state index in [0.717, 1.165) is 5.56 Å². The van der Waals surface area contributed by atoms with Gasteiger partial charge in [-0.1, -0.05) is 53.8 Å². The number of nitrogens with zero attached hydrogens (tertiary/aromatic N) is 1. The van der Waals surface area contributed by atoms with E-state index in [1.165, 1.54) is 31.4 Å². The van der Waals surface area contributed by atoms with E-state index in [2.05, 4.69) is 15.6 Å². The lowest BCUT2D eigenvalue weighted by molar-refractivity contribution is -0.187. The van der Waals surface area contributed by atoms with Crippen LogP contribution >= 0.6 is 11.3 Å². The zero-order valence-corrected chi connectivity index (χ0v) is 19.0. The Balaban J connectivity index is 1.59. The van der Waals surface area contributed by atoms with Crippen LogP contribution in [0.5, 0.6) is 5.06 Å². The highest BCUT2D eigenvalue weighted by Crippen LogP contribution is 2.34. The summed E-state index contributed by atoms with van der Waals surface area (Å²) in [6.07, 6.45) is -0.565. The lowest BCUT2D eigenvalue weighted by Crippen LogP contribution is -2.48. The number of ether oxygens (including phenoxy) is 1. The molecule has 2 aromatic carbocycles. The number of anilines is 2. The fraction of sp³-hybridized carbons (Fsp3) is 0.273. The predicted octanol–water partition coefficient (Wildman–Crippen LogP) is 0.365. The van der Waals surface area contributed by atoms with Crippen molar-refractivity contribution < 1.29 is 35.1 Å². The van der Waals surface area contributed by atoms with E-state index in [1.807, 2.05) is 30.3 Å². The quantitative estimate of drug-likeness (QED) is 0.184. The van der Waals surface area contributed by atoms with Gasteiger partial charge in [-0.3, -0.25) is 10.1 Å². The van der Waals surface area contributed by atoms with Crippen LogP contribution in [-0.4, -0.2) is 56.0 Å². The molecule has 1 aromatic heterocycles. The van der Waals surface area contributed by atoms with Gasteiger partial charge < -0.3 is 41.3 Å². The van der Waals surface area contributed by atoms with Crippen molar-refractivity contribution in [2.45, 2.75) is 24.2 Å². The molecule has 0 aliphatic rings. The molecule has 34 heavy (non-hydrogen) atoms. The van der Waals surface area contributed by atoms with E-state index in [0.29, 0.717) is 16.9 Å². The molecule has 0 saturated heterocycles. The van der Waals surface area contributed by atoms with Gasteiger partial charge in [0.15, 0.2) is 10.8 Å². The second-order valence-electron chi connectivity index (χ2n) is 7.54. The smallest absolute Gasteiger partial charge is 0.294 e. The first-order chi connectivity index (χ1) is 16.0. The first kappa shape index (κ1) is 25.5. The van der Waals surface area contributed by atoms with Crippen LogP contribution in [0.25, 0.3) is 0 Å². The van der Waals surface area contributed by atoms with Crippen molar-refractivity contribution in [3.05, 3.63) is 71.4 Å². The Morgan fingerprint density at radius 1 is 1.12 bits per heavy atom. The molecular formula is C22H26N4O7S. The van der Waals surface area contributed by atoms with Gasteiger partial charge in [0.1, 0.15) is 0 Å². The van der Waals surface area contributed by atoms with Crippen molar-refractivity contribution in [1.82, 2.24) is 10.3 Å². The van der Waals surface area contributed by atoms with Crippen molar-refractivity contribution >= 4 is 28.1 Å². The van der Waals surface area contributed by atoms with Crippen LogP contribution in [0.2, 0.25) is 0 Å². The van der Waals surface area contributed by atoms with Crippen LogP contribution in [0, 0.1) is 0 Å². The van der Waals surface area contributed by atoms with Crippen LogP contribution in [0.15, 0.2) is 54.6 Å². The molecule has 0 radical (unpaired) electrons. The zero-order chi connectivity index (χ0) is 24.9. The number of aromatic hydroxyl groups is 1. The maximum Gasteiger partial charge on any atom is 0.294 e. The third-order valence-electron chi connectivity index (χ3n) is 4.96. The minimum Gasteiger partial charge on any atom is -0.498 e. The highest BCUT2D eigenvalue weighted by molar-refractivity contribution is 7.17. The first-order valence-corrected chi connectivity index (χ1v) is 10.9. The molecule has 3 rings (SSSR count). The number of nitrogens with two attached hydrogens (primary N) is 1. The number of thiazole rings is 1. The van der Waals surface area contributed by atoms with Gasteiger partial charge in [0, 0.05) is 25.8 Å². The van der Waals surface area contributed by atoms with E-state index >= 15 is 0 Å². The van der Waals surface area contributed by atoms with E-state index < -0.39 is 28.4 Å². The molecule has 1 amide bonds. The van der Waals surface area contributed by atoms with Crippen molar-refractivity contribution in [3.63, 3.8) is 0 Å². The molecule has 1 unspecified atom stereocenters. The minimum absolute atomic E-state index is 0.136. The van der Waals surface area contributed by atoms with Crippen molar-refractivity contribution in [2.75, 3.05) is 24.7 Å². The van der Waals surface area contributed by atoms with Gasteiger partial charge in [-0.15, -0.1) is 0 Å². The van der Waals surface area contributed by atoms with Crippen LogP contribution in [-0.2, 0) is 21.7 Å². The maximum atomic E-state index is 12.3. The molecule has 9 N–H and O–H groups in total. The number of amides is 1. The molecule has 0 aliphatic heterocycles. The van der Waals surface area contributed by atoms with Gasteiger partial charge in [-0.25, -0.2) is 4.98 Å². The number of rotatable bonds is 10. The highest BCUT2D eigenvalue weighted by atomic mass is 32.1. The Kier molecular flexibility index (Phi) is 7.84. The first-order valence-electron chi connectivity index (χ1n) is 10.1. The molecule has 0 saturated carbocycles. The zero-order valence-electron chi connectivity index (χ0n) is 18.2. The van der Waals surface area contributed by atoms with E-state index in [1.54, 1.807) is 0 Å². The predicted molar refractivity (Wildman–Crippen MR) is 124 cm³/mol. The average molecular weight is 491 g/mol. The average Bonchev–Trinajstić information content (AvgIpc) is 3.14. The largest absolute Gasteiger partial charge is 0.498 e. The Labute approximate surface area is 199 Å². The summed E-state index contributed by atoms with van der Waals surface area (Å²) in [7, 11) is 1.53. The summed E-state index contributed by atoms with van der Waals surface area (Å²) in [4.78, 5) is 15.9. The summed E-state index contributed by atoms with van der Waals surface area (Å²) in [6, 6.07) is 15.3. The lowest BCUT2D eigenvalue weighted by atomic mass is 10.1. The Morgan fingerprint density at radius 3 is 2.32 bits per heavy atom. The number of aliphatic hydroxyl groups is 4. The summed E-state index contributed by atoms with van der Waals surface area (Å²) in [5.41, 5.74) is 6.33. The normalized spacial score (nSPS) is 13.0. The molecule has 182 valence electrons. The van der Waals surface area contributed by atoms with Gasteiger partial charge in [0.25, 0.3) is 11.7 Å². The number of carbonyl (C=O) groups excluding carboxylic acids is 1. The molecule has 1 heterocycles. The number of aromatic nitrogens is 1. The lowest BCUT2D eigenvalue weighted by Gasteiger charge is -2.26. The van der Waals surface area contributed by atoms with Crippen LogP contribution in [0.4, 0.5) is 10.8 Å². The van der Waals surface area contributed by atoms with E-state index in [-0.39, 0.29) is 29.9 Å². The summed E-state index contributed by atoms with van der Waals surface area (Å²) in [5.74, 6) is -6.60. The number of methoxy groups -OCH3 is 1. The number of hydrogen-bond acceptors (Lipinski definition) is 11. The Morgan fingerprint density at radius 2 is 1.76 bits per heavy atom. The number of nitrogens with one attached hydrogen (secondary N) is 2. The van der Waals surface area contributed by atoms with E-state index in [4.69, 9.17) is 10.5 Å². The topological polar surface area (TPSA) is 190 Å². The summed E-state index contributed by atoms with van der Waals surface area (Å²) < 4.78 is 5.41. The summed E-state index contributed by atoms with van der Waals surface area (Å²) in [6.45, 7) is 0.144. The second kappa shape index (κ2) is 10.4. The van der Waals surface area contributed by atoms with Crippen molar-refractivity contribution in [1.29, 1.82) is 0 Å². The number of benzene rings is 2. The van der Waals surface area contributed by atoms with Crippen LogP contribution in [0.1, 0.15) is 22.9 Å². The summed E-state index contributed by atoms with van der Waals surface area (Å²) >= 11 is 0.594. The molecule has 11 nitrogen and oxygen atoms in total. The Bertz CT molecular complexity index is 1100. The van der Waals surface area contributed by atoms with Gasteiger partial charge in [0.2, 0.25) is 11.0 Å². The second-order valence-corrected chi connectivity index (χ2v) is 8.55. The number of hydrogen-bond donors (Lipinski definition) is 8. The van der Waals surface area contributed by atoms with Gasteiger partial charge in [-0.2, -0.15) is 0 Å². The molecular weight excluding hydrogens is 464 g/mol. The molecule has 1 atom stereocenters. The monoisotopic (exact) mass is 490 g/mol. The standard InChI is InChI=1S/C22H26N4O7S/c1-33-16(14-5-3-2-4-6-14)12-24-21(29,30)11-13-7-9-15(10-8-13)25-19(28)22(31,32)17-18(27)34-20(23)26-17/h2-10,16,24,27,29-32H,11-12H2,1H3,(H2,23,26)(H,25,28). The van der Waals surface area contributed by atoms with Crippen molar-refractivity contribution in [2.24, 2.45) is 0 Å². The molecule has 3 aromatic rings. The fourth-order valence-corrected chi connectivity index (χ4v) is 3.81. The van der Waals surface area contributed by atoms with Crippen molar-refractivity contribution in [3.8, 4) is 5.06 Å². The molecule has 12 heteroatoms. The third kappa shape index (κ3) is 6.27. The van der Waals surface area contributed by atoms with E-state index in [9.17, 15) is 30.3 Å². The van der Waals surface area contributed by atoms with Gasteiger partial charge in [0.05, 0.1) is 6.10 Å². The molecule has 0 spiro atoms. The molecule has 0 bridgehead atoms. The Hall–Kier alpha value is -3.10. The molecule has 0 fully saturated rings. The number of nitrogen functional groups attached to an aromatic ring is 1. The van der Waals surface area contributed by atoms with Crippen LogP contribution in [0.3, 0.4) is 0 Å².